The molecule has 0 unspecified atom stereocenters. The topological polar surface area (TPSA) is 46.9 Å². The van der Waals surface area contributed by atoms with E-state index in [1.54, 1.807) is 4.68 Å². The van der Waals surface area contributed by atoms with Gasteiger partial charge in [0.1, 0.15) is 5.82 Å². The minimum atomic E-state index is -1.52. The van der Waals surface area contributed by atoms with E-state index in [1.807, 2.05) is 30.3 Å². The summed E-state index contributed by atoms with van der Waals surface area (Å²) in [6.07, 6.45) is 1.53. The van der Waals surface area contributed by atoms with Gasteiger partial charge in [0.15, 0.2) is 17.5 Å². The molecular formula is C19H14F3N3OS. The Morgan fingerprint density at radius 3 is 2.63 bits per heavy atom. The third-order valence-electron chi connectivity index (χ3n) is 4.31. The number of benzene rings is 2. The molecule has 2 heterocycles. The molecular weight excluding hydrogens is 375 g/mol. The zero-order valence-corrected chi connectivity index (χ0v) is 14.8. The molecule has 1 aliphatic rings. The number of carbonyl (C=O) groups is 1. The SMILES string of the molecule is O=C1CS[C@H](c2ccc(F)c(F)c2F)c2cnn(Cc3ccccc3)c2N1. The fraction of sp³-hybridized carbons (Fsp3) is 0.158. The zero-order valence-electron chi connectivity index (χ0n) is 14.0. The Bertz CT molecular complexity index is 1010. The van der Waals surface area contributed by atoms with Gasteiger partial charge in [0, 0.05) is 11.1 Å². The van der Waals surface area contributed by atoms with Gasteiger partial charge in [-0.25, -0.2) is 17.9 Å². The maximum absolute atomic E-state index is 14.4. The van der Waals surface area contributed by atoms with E-state index in [0.29, 0.717) is 17.9 Å². The molecule has 1 atom stereocenters. The van der Waals surface area contributed by atoms with Crippen LogP contribution in [0, 0.1) is 17.5 Å². The lowest BCUT2D eigenvalue weighted by Crippen LogP contribution is -2.16. The number of hydrogen-bond acceptors (Lipinski definition) is 3. The maximum Gasteiger partial charge on any atom is 0.235 e. The number of thioether (sulfide) groups is 1. The summed E-state index contributed by atoms with van der Waals surface area (Å²) in [4.78, 5) is 12.1. The van der Waals surface area contributed by atoms with Crippen LogP contribution in [-0.2, 0) is 11.3 Å². The van der Waals surface area contributed by atoms with Crippen molar-refractivity contribution in [2.45, 2.75) is 11.8 Å². The van der Waals surface area contributed by atoms with E-state index in [-0.39, 0.29) is 17.2 Å². The number of aromatic nitrogens is 2. The number of nitrogens with one attached hydrogen (secondary N) is 1. The first kappa shape index (κ1) is 17.7. The van der Waals surface area contributed by atoms with E-state index in [1.165, 1.54) is 12.3 Å². The van der Waals surface area contributed by atoms with Gasteiger partial charge in [-0.15, -0.1) is 11.8 Å². The minimum absolute atomic E-state index is 0.0177. The summed E-state index contributed by atoms with van der Waals surface area (Å²) in [7, 11) is 0. The van der Waals surface area contributed by atoms with E-state index in [0.717, 1.165) is 23.4 Å². The molecule has 1 amide bonds. The molecule has 2 aromatic carbocycles. The average Bonchev–Trinajstić information content (AvgIpc) is 2.96. The van der Waals surface area contributed by atoms with Crippen molar-refractivity contribution in [3.8, 4) is 0 Å². The van der Waals surface area contributed by atoms with Gasteiger partial charge in [0.25, 0.3) is 0 Å². The maximum atomic E-state index is 14.4. The molecule has 1 N–H and O–H groups in total. The number of nitrogens with zero attached hydrogens (tertiary/aromatic N) is 2. The molecule has 4 nitrogen and oxygen atoms in total. The number of rotatable bonds is 3. The standard InChI is InChI=1S/C19H14F3N3OS/c20-14-7-6-12(16(21)17(14)22)18-13-8-23-25(9-11-4-2-1-3-5-11)19(13)24-15(26)10-27-18/h1-8,18H,9-10H2,(H,24,26)/t18-/m1/s1. The highest BCUT2D eigenvalue weighted by atomic mass is 32.2. The summed E-state index contributed by atoms with van der Waals surface area (Å²) in [5.41, 5.74) is 1.51. The highest BCUT2D eigenvalue weighted by molar-refractivity contribution is 8.00. The molecule has 0 aliphatic carbocycles. The van der Waals surface area contributed by atoms with Gasteiger partial charge in [-0.2, -0.15) is 5.10 Å². The molecule has 138 valence electrons. The van der Waals surface area contributed by atoms with Crippen LogP contribution < -0.4 is 5.32 Å². The predicted octanol–water partition coefficient (Wildman–Crippen LogP) is 4.12. The number of amides is 1. The Labute approximate surface area is 157 Å². The van der Waals surface area contributed by atoms with Crippen molar-refractivity contribution in [2.75, 3.05) is 11.1 Å². The second kappa shape index (κ2) is 7.11. The molecule has 27 heavy (non-hydrogen) atoms. The normalized spacial score (nSPS) is 16.6. The van der Waals surface area contributed by atoms with Crippen LogP contribution in [0.3, 0.4) is 0 Å². The molecule has 0 spiro atoms. The Balaban J connectivity index is 1.77. The first-order chi connectivity index (χ1) is 13.0. The van der Waals surface area contributed by atoms with Gasteiger partial charge in [-0.05, 0) is 11.6 Å². The van der Waals surface area contributed by atoms with Crippen molar-refractivity contribution >= 4 is 23.5 Å². The first-order valence-corrected chi connectivity index (χ1v) is 9.24. The van der Waals surface area contributed by atoms with Crippen molar-refractivity contribution < 1.29 is 18.0 Å². The molecule has 0 saturated heterocycles. The lowest BCUT2D eigenvalue weighted by Gasteiger charge is -2.15. The fourth-order valence-corrected chi connectivity index (χ4v) is 4.13. The Morgan fingerprint density at radius 2 is 1.85 bits per heavy atom. The summed E-state index contributed by atoms with van der Waals surface area (Å²) in [5.74, 6) is -3.78. The molecule has 1 aromatic heterocycles. The van der Waals surface area contributed by atoms with Crippen molar-refractivity contribution in [1.29, 1.82) is 0 Å². The van der Waals surface area contributed by atoms with Gasteiger partial charge in [-0.1, -0.05) is 36.4 Å². The molecule has 0 radical (unpaired) electrons. The van der Waals surface area contributed by atoms with Gasteiger partial charge >= 0.3 is 0 Å². The lowest BCUT2D eigenvalue weighted by molar-refractivity contribution is -0.113. The lowest BCUT2D eigenvalue weighted by atomic mass is 10.1. The summed E-state index contributed by atoms with van der Waals surface area (Å²) < 4.78 is 43.0. The number of hydrogen-bond donors (Lipinski definition) is 1. The quantitative estimate of drug-likeness (QED) is 0.686. The van der Waals surface area contributed by atoms with Gasteiger partial charge in [0.2, 0.25) is 5.91 Å². The van der Waals surface area contributed by atoms with E-state index >= 15 is 0 Å². The summed E-state index contributed by atoms with van der Waals surface area (Å²) in [6.45, 7) is 0.411. The van der Waals surface area contributed by atoms with Crippen molar-refractivity contribution in [2.24, 2.45) is 0 Å². The third kappa shape index (κ3) is 3.32. The number of carbonyl (C=O) groups excluding carboxylic acids is 1. The minimum Gasteiger partial charge on any atom is -0.310 e. The Morgan fingerprint density at radius 1 is 1.07 bits per heavy atom. The highest BCUT2D eigenvalue weighted by Gasteiger charge is 2.31. The Hall–Kier alpha value is -2.74. The van der Waals surface area contributed by atoms with Crippen LogP contribution in [0.15, 0.2) is 48.7 Å². The van der Waals surface area contributed by atoms with Crippen LogP contribution in [0.4, 0.5) is 19.0 Å². The van der Waals surface area contributed by atoms with Crippen LogP contribution in [0.2, 0.25) is 0 Å². The van der Waals surface area contributed by atoms with Crippen LogP contribution in [0.25, 0.3) is 0 Å². The predicted molar refractivity (Wildman–Crippen MR) is 97.0 cm³/mol. The number of halogens is 3. The molecule has 3 aromatic rings. The second-order valence-electron chi connectivity index (χ2n) is 6.10. The highest BCUT2D eigenvalue weighted by Crippen LogP contribution is 2.42. The smallest absolute Gasteiger partial charge is 0.235 e. The monoisotopic (exact) mass is 389 g/mol. The third-order valence-corrected chi connectivity index (χ3v) is 5.58. The van der Waals surface area contributed by atoms with E-state index in [2.05, 4.69) is 10.4 Å². The van der Waals surface area contributed by atoms with E-state index < -0.39 is 22.7 Å². The first-order valence-electron chi connectivity index (χ1n) is 8.19. The summed E-state index contributed by atoms with van der Waals surface area (Å²) in [6, 6.07) is 11.6. The van der Waals surface area contributed by atoms with Crippen LogP contribution >= 0.6 is 11.8 Å². The second-order valence-corrected chi connectivity index (χ2v) is 7.19. The number of fused-ring (bicyclic) bond motifs is 1. The van der Waals surface area contributed by atoms with Crippen LogP contribution in [-0.4, -0.2) is 21.4 Å². The van der Waals surface area contributed by atoms with Crippen molar-refractivity contribution in [1.82, 2.24) is 9.78 Å². The Kier molecular flexibility index (Phi) is 4.65. The van der Waals surface area contributed by atoms with E-state index in [4.69, 9.17) is 0 Å². The zero-order chi connectivity index (χ0) is 19.0. The van der Waals surface area contributed by atoms with Gasteiger partial charge < -0.3 is 5.32 Å². The molecule has 8 heteroatoms. The summed E-state index contributed by atoms with van der Waals surface area (Å²) in [5, 5.41) is 6.42. The van der Waals surface area contributed by atoms with Crippen molar-refractivity contribution in [3.63, 3.8) is 0 Å². The largest absolute Gasteiger partial charge is 0.310 e. The van der Waals surface area contributed by atoms with Gasteiger partial charge in [0.05, 0.1) is 23.7 Å². The molecule has 0 saturated carbocycles. The molecule has 0 bridgehead atoms. The van der Waals surface area contributed by atoms with Crippen LogP contribution in [0.5, 0.6) is 0 Å². The molecule has 1 aliphatic heterocycles. The van der Waals surface area contributed by atoms with Crippen LogP contribution in [0.1, 0.15) is 21.9 Å². The number of anilines is 1. The fourth-order valence-electron chi connectivity index (χ4n) is 3.02. The molecule has 0 fully saturated rings. The molecule has 4 rings (SSSR count). The average molecular weight is 389 g/mol. The summed E-state index contributed by atoms with van der Waals surface area (Å²) >= 11 is 1.14. The van der Waals surface area contributed by atoms with Gasteiger partial charge in [-0.3, -0.25) is 4.79 Å². The van der Waals surface area contributed by atoms with E-state index in [9.17, 15) is 18.0 Å². The van der Waals surface area contributed by atoms with Crippen molar-refractivity contribution in [3.05, 3.63) is 82.8 Å².